The van der Waals surface area contributed by atoms with Gasteiger partial charge in [-0.05, 0) is 79.9 Å². The molecule has 2 heterocycles. The van der Waals surface area contributed by atoms with Crippen LogP contribution in [-0.4, -0.2) is 23.2 Å². The van der Waals surface area contributed by atoms with E-state index in [2.05, 4.69) is 22.1 Å². The molecule has 1 atom stereocenters. The maximum Gasteiger partial charge on any atom is 0.315 e. The highest BCUT2D eigenvalue weighted by Crippen LogP contribution is 2.55. The maximum atomic E-state index is 12.5. The summed E-state index contributed by atoms with van der Waals surface area (Å²) in [7, 11) is 0. The average molecular weight is 403 g/mol. The zero-order valence-electron chi connectivity index (χ0n) is 15.3. The normalized spacial score (nSPS) is 32.4. The van der Waals surface area contributed by atoms with E-state index in [1.54, 1.807) is 22.7 Å². The van der Waals surface area contributed by atoms with E-state index in [1.165, 1.54) is 24.1 Å². The van der Waals surface area contributed by atoms with Crippen molar-refractivity contribution in [3.05, 3.63) is 34.5 Å². The van der Waals surface area contributed by atoms with Gasteiger partial charge in [-0.3, -0.25) is 0 Å². The first-order chi connectivity index (χ1) is 13.1. The summed E-state index contributed by atoms with van der Waals surface area (Å²) in [6.07, 6.45) is 6.87. The third kappa shape index (κ3) is 3.55. The Hall–Kier alpha value is -1.37. The molecule has 4 nitrogen and oxygen atoms in total. The highest BCUT2D eigenvalue weighted by molar-refractivity contribution is 7.21. The van der Waals surface area contributed by atoms with Gasteiger partial charge in [0.1, 0.15) is 6.10 Å². The van der Waals surface area contributed by atoms with Crippen molar-refractivity contribution in [2.75, 3.05) is 6.54 Å². The molecule has 4 aliphatic carbocycles. The van der Waals surface area contributed by atoms with Crippen LogP contribution in [0.4, 0.5) is 4.79 Å². The van der Waals surface area contributed by atoms with Crippen LogP contribution in [0.3, 0.4) is 0 Å². The van der Waals surface area contributed by atoms with Crippen LogP contribution < -0.4 is 10.6 Å². The summed E-state index contributed by atoms with van der Waals surface area (Å²) in [6, 6.07) is 8.01. The molecule has 3 N–H and O–H groups in total. The van der Waals surface area contributed by atoms with Gasteiger partial charge in [0.25, 0.3) is 0 Å². The Bertz CT molecular complexity index is 779. The van der Waals surface area contributed by atoms with Gasteiger partial charge in [-0.2, -0.15) is 0 Å². The lowest BCUT2D eigenvalue weighted by atomic mass is 9.53. The summed E-state index contributed by atoms with van der Waals surface area (Å²) in [4.78, 5) is 15.8. The number of urea groups is 1. The third-order valence-corrected chi connectivity index (χ3v) is 8.84. The molecule has 0 aromatic carbocycles. The molecule has 4 fully saturated rings. The standard InChI is InChI=1S/C21H26N2O2S2/c24-16(17-3-4-19(27-17)18-2-1-5-26-18)12-22-20(25)23-21-9-13-6-14(10-21)8-15(7-13)11-21/h1-5,13-16,24H,6-12H2,(H2,22,23,25). The van der Waals surface area contributed by atoms with E-state index in [0.717, 1.165) is 46.8 Å². The van der Waals surface area contributed by atoms with Crippen LogP contribution in [0.1, 0.15) is 49.5 Å². The Kier molecular flexibility index (Phi) is 4.53. The lowest BCUT2D eigenvalue weighted by Gasteiger charge is -2.56. The van der Waals surface area contributed by atoms with Crippen molar-refractivity contribution >= 4 is 28.7 Å². The van der Waals surface area contributed by atoms with Crippen molar-refractivity contribution in [1.82, 2.24) is 10.6 Å². The minimum absolute atomic E-state index is 0.0130. The van der Waals surface area contributed by atoms with Gasteiger partial charge in [0, 0.05) is 20.2 Å². The molecule has 2 aromatic heterocycles. The van der Waals surface area contributed by atoms with Crippen LogP contribution in [0, 0.1) is 17.8 Å². The van der Waals surface area contributed by atoms with Gasteiger partial charge >= 0.3 is 6.03 Å². The monoisotopic (exact) mass is 402 g/mol. The van der Waals surface area contributed by atoms with Crippen LogP contribution in [-0.2, 0) is 0 Å². The average Bonchev–Trinajstić information content (AvgIpc) is 3.29. The molecular weight excluding hydrogens is 376 g/mol. The van der Waals surface area contributed by atoms with Gasteiger partial charge in [-0.15, -0.1) is 22.7 Å². The van der Waals surface area contributed by atoms with Gasteiger partial charge in [-0.25, -0.2) is 4.79 Å². The van der Waals surface area contributed by atoms with Gasteiger partial charge in [-0.1, -0.05) is 6.07 Å². The van der Waals surface area contributed by atoms with Gasteiger partial charge < -0.3 is 15.7 Å². The second-order valence-corrected chi connectivity index (χ2v) is 10.8. The third-order valence-electron chi connectivity index (χ3n) is 6.59. The molecule has 2 amide bonds. The topological polar surface area (TPSA) is 61.4 Å². The zero-order valence-corrected chi connectivity index (χ0v) is 17.0. The van der Waals surface area contributed by atoms with Gasteiger partial charge in [0.2, 0.25) is 0 Å². The van der Waals surface area contributed by atoms with Gasteiger partial charge in [0.05, 0.1) is 6.54 Å². The van der Waals surface area contributed by atoms with E-state index in [-0.39, 0.29) is 18.1 Å². The number of thiophene rings is 2. The van der Waals surface area contributed by atoms with Crippen molar-refractivity contribution in [2.45, 2.75) is 50.2 Å². The van der Waals surface area contributed by atoms with E-state index in [9.17, 15) is 9.90 Å². The van der Waals surface area contributed by atoms with E-state index >= 15 is 0 Å². The van der Waals surface area contributed by atoms with Crippen LogP contribution in [0.25, 0.3) is 9.75 Å². The Labute approximate surface area is 168 Å². The van der Waals surface area contributed by atoms with E-state index < -0.39 is 6.10 Å². The number of aliphatic hydroxyl groups excluding tert-OH is 1. The quantitative estimate of drug-likeness (QED) is 0.674. The maximum absolute atomic E-state index is 12.5. The van der Waals surface area contributed by atoms with E-state index in [4.69, 9.17) is 0 Å². The number of aliphatic hydroxyl groups is 1. The number of hydrogen-bond acceptors (Lipinski definition) is 4. The lowest BCUT2D eigenvalue weighted by Crippen LogP contribution is -2.61. The molecule has 0 aliphatic heterocycles. The number of rotatable bonds is 5. The fourth-order valence-corrected chi connectivity index (χ4v) is 7.75. The van der Waals surface area contributed by atoms with Crippen LogP contribution in [0.5, 0.6) is 0 Å². The predicted molar refractivity (Wildman–Crippen MR) is 110 cm³/mol. The number of hydrogen-bond donors (Lipinski definition) is 3. The summed E-state index contributed by atoms with van der Waals surface area (Å²) >= 11 is 3.29. The first-order valence-electron chi connectivity index (χ1n) is 9.96. The summed E-state index contributed by atoms with van der Waals surface area (Å²) in [5.41, 5.74) is 0.0130. The van der Waals surface area contributed by atoms with Crippen LogP contribution in [0.2, 0.25) is 0 Å². The van der Waals surface area contributed by atoms with Crippen molar-refractivity contribution in [3.8, 4) is 9.75 Å². The second kappa shape index (κ2) is 6.90. The molecule has 0 spiro atoms. The highest BCUT2D eigenvalue weighted by Gasteiger charge is 2.51. The molecule has 4 aliphatic rings. The fraction of sp³-hybridized carbons (Fsp3) is 0.571. The molecule has 27 heavy (non-hydrogen) atoms. The second-order valence-electron chi connectivity index (χ2n) is 8.73. The molecular formula is C21H26N2O2S2. The first kappa shape index (κ1) is 17.7. The Morgan fingerprint density at radius 2 is 1.81 bits per heavy atom. The molecule has 0 radical (unpaired) electrons. The Balaban J connectivity index is 1.16. The van der Waals surface area contributed by atoms with E-state index in [1.807, 2.05) is 18.2 Å². The number of nitrogens with one attached hydrogen (secondary N) is 2. The molecule has 0 saturated heterocycles. The van der Waals surface area contributed by atoms with Crippen molar-refractivity contribution < 1.29 is 9.90 Å². The van der Waals surface area contributed by atoms with E-state index in [0.29, 0.717) is 0 Å². The Morgan fingerprint density at radius 1 is 1.11 bits per heavy atom. The number of carbonyl (C=O) groups is 1. The summed E-state index contributed by atoms with van der Waals surface area (Å²) in [5.74, 6) is 2.43. The number of carbonyl (C=O) groups excluding carboxylic acids is 1. The zero-order chi connectivity index (χ0) is 18.4. The van der Waals surface area contributed by atoms with Crippen LogP contribution >= 0.6 is 22.7 Å². The molecule has 6 heteroatoms. The highest BCUT2D eigenvalue weighted by atomic mass is 32.1. The fourth-order valence-electron chi connectivity index (χ4n) is 5.92. The van der Waals surface area contributed by atoms with Crippen molar-refractivity contribution in [3.63, 3.8) is 0 Å². The lowest BCUT2D eigenvalue weighted by molar-refractivity contribution is -0.0136. The van der Waals surface area contributed by atoms with Gasteiger partial charge in [0.15, 0.2) is 0 Å². The largest absolute Gasteiger partial charge is 0.386 e. The van der Waals surface area contributed by atoms with Crippen LogP contribution in [0.15, 0.2) is 29.6 Å². The summed E-state index contributed by atoms with van der Waals surface area (Å²) < 4.78 is 0. The molecule has 2 aromatic rings. The number of amides is 2. The SMILES string of the molecule is O=C(NCC(O)c1ccc(-c2cccs2)s1)NC12CC3CC(CC(C3)C1)C2. The Morgan fingerprint density at radius 3 is 2.44 bits per heavy atom. The smallest absolute Gasteiger partial charge is 0.315 e. The minimum atomic E-state index is -0.661. The first-order valence-corrected chi connectivity index (χ1v) is 11.7. The molecule has 4 bridgehead atoms. The molecule has 4 saturated carbocycles. The molecule has 1 unspecified atom stereocenters. The summed E-state index contributed by atoms with van der Waals surface area (Å²) in [6.45, 7) is 0.253. The van der Waals surface area contributed by atoms with Crippen molar-refractivity contribution in [2.24, 2.45) is 17.8 Å². The molecule has 6 rings (SSSR count). The summed E-state index contributed by atoms with van der Waals surface area (Å²) in [5, 5.41) is 18.8. The molecule has 144 valence electrons. The predicted octanol–water partition coefficient (Wildman–Crippen LogP) is 4.78. The van der Waals surface area contributed by atoms with Crippen molar-refractivity contribution in [1.29, 1.82) is 0 Å². The minimum Gasteiger partial charge on any atom is -0.386 e.